The number of hydrogen-bond acceptors (Lipinski definition) is 2. The van der Waals surface area contributed by atoms with E-state index in [1.54, 1.807) is 0 Å². The van der Waals surface area contributed by atoms with E-state index < -0.39 is 0 Å². The first-order chi connectivity index (χ1) is 8.13. The van der Waals surface area contributed by atoms with Crippen LogP contribution in [0.4, 0.5) is 0 Å². The Balaban J connectivity index is 2.54. The number of nitrogens with zero attached hydrogens (tertiary/aromatic N) is 3. The van der Waals surface area contributed by atoms with Gasteiger partial charge in [0.25, 0.3) is 0 Å². The SMILES string of the molecule is Cc1nn(-c2cccc(Cl)c2)c(C)c1CC#N. The lowest BCUT2D eigenvalue weighted by Gasteiger charge is -2.04. The van der Waals surface area contributed by atoms with Crippen molar-refractivity contribution in [1.29, 1.82) is 5.26 Å². The minimum Gasteiger partial charge on any atom is -0.237 e. The van der Waals surface area contributed by atoms with Gasteiger partial charge < -0.3 is 0 Å². The van der Waals surface area contributed by atoms with Gasteiger partial charge in [0, 0.05) is 16.3 Å². The van der Waals surface area contributed by atoms with Gasteiger partial charge in [-0.05, 0) is 32.0 Å². The van der Waals surface area contributed by atoms with Crippen molar-refractivity contribution in [2.45, 2.75) is 20.3 Å². The predicted molar refractivity (Wildman–Crippen MR) is 67.4 cm³/mol. The van der Waals surface area contributed by atoms with Crippen LogP contribution in [0.5, 0.6) is 0 Å². The highest BCUT2D eigenvalue weighted by molar-refractivity contribution is 6.30. The van der Waals surface area contributed by atoms with Crippen molar-refractivity contribution in [3.63, 3.8) is 0 Å². The van der Waals surface area contributed by atoms with Crippen LogP contribution in [0.1, 0.15) is 17.0 Å². The summed E-state index contributed by atoms with van der Waals surface area (Å²) in [5.41, 5.74) is 3.80. The third-order valence-electron chi connectivity index (χ3n) is 2.75. The van der Waals surface area contributed by atoms with Gasteiger partial charge in [-0.15, -0.1) is 0 Å². The lowest BCUT2D eigenvalue weighted by atomic mass is 10.1. The maximum atomic E-state index is 8.78. The molecule has 0 amide bonds. The molecule has 86 valence electrons. The fourth-order valence-electron chi connectivity index (χ4n) is 1.87. The highest BCUT2D eigenvalue weighted by atomic mass is 35.5. The standard InChI is InChI=1S/C13H12ClN3/c1-9-13(6-7-15)10(2)17(16-9)12-5-3-4-11(14)8-12/h3-5,8H,6H2,1-2H3. The summed E-state index contributed by atoms with van der Waals surface area (Å²) >= 11 is 5.96. The quantitative estimate of drug-likeness (QED) is 0.815. The smallest absolute Gasteiger partial charge is 0.0671 e. The van der Waals surface area contributed by atoms with E-state index in [4.69, 9.17) is 16.9 Å². The molecular formula is C13H12ClN3. The fraction of sp³-hybridized carbons (Fsp3) is 0.231. The Morgan fingerprint density at radius 1 is 1.41 bits per heavy atom. The molecule has 0 unspecified atom stereocenters. The second kappa shape index (κ2) is 4.60. The zero-order chi connectivity index (χ0) is 12.4. The molecule has 1 heterocycles. The molecule has 0 fully saturated rings. The fourth-order valence-corrected chi connectivity index (χ4v) is 2.05. The molecule has 0 spiro atoms. The van der Waals surface area contributed by atoms with Crippen LogP contribution in [0.15, 0.2) is 24.3 Å². The van der Waals surface area contributed by atoms with E-state index in [1.165, 1.54) is 0 Å². The zero-order valence-corrected chi connectivity index (χ0v) is 10.5. The molecule has 0 bridgehead atoms. The van der Waals surface area contributed by atoms with Gasteiger partial charge in [-0.2, -0.15) is 10.4 Å². The molecular weight excluding hydrogens is 234 g/mol. The van der Waals surface area contributed by atoms with Gasteiger partial charge in [0.2, 0.25) is 0 Å². The number of rotatable bonds is 2. The van der Waals surface area contributed by atoms with Crippen molar-refractivity contribution in [2.75, 3.05) is 0 Å². The highest BCUT2D eigenvalue weighted by Crippen LogP contribution is 2.20. The van der Waals surface area contributed by atoms with E-state index in [-0.39, 0.29) is 0 Å². The Labute approximate surface area is 105 Å². The van der Waals surface area contributed by atoms with Crippen LogP contribution in [0.3, 0.4) is 0 Å². The summed E-state index contributed by atoms with van der Waals surface area (Å²) in [6.45, 7) is 3.88. The largest absolute Gasteiger partial charge is 0.237 e. The number of aromatic nitrogens is 2. The molecule has 0 aliphatic carbocycles. The third-order valence-corrected chi connectivity index (χ3v) is 2.98. The van der Waals surface area contributed by atoms with Crippen LogP contribution in [-0.4, -0.2) is 9.78 Å². The molecule has 1 aromatic heterocycles. The molecule has 2 rings (SSSR count). The summed E-state index contributed by atoms with van der Waals surface area (Å²) < 4.78 is 1.83. The number of aryl methyl sites for hydroxylation is 1. The third kappa shape index (κ3) is 2.17. The van der Waals surface area contributed by atoms with E-state index in [0.29, 0.717) is 11.4 Å². The Morgan fingerprint density at radius 3 is 2.82 bits per heavy atom. The Kier molecular flexibility index (Phi) is 3.16. The lowest BCUT2D eigenvalue weighted by Crippen LogP contribution is -1.99. The van der Waals surface area contributed by atoms with E-state index in [2.05, 4.69) is 11.2 Å². The molecule has 0 aliphatic heterocycles. The first-order valence-corrected chi connectivity index (χ1v) is 5.69. The second-order valence-corrected chi connectivity index (χ2v) is 4.31. The van der Waals surface area contributed by atoms with Gasteiger partial charge in [-0.3, -0.25) is 0 Å². The molecule has 0 saturated heterocycles. The van der Waals surface area contributed by atoms with Gasteiger partial charge in [0.15, 0.2) is 0 Å². The topological polar surface area (TPSA) is 41.6 Å². The molecule has 0 saturated carbocycles. The summed E-state index contributed by atoms with van der Waals surface area (Å²) in [5, 5.41) is 13.9. The maximum absolute atomic E-state index is 8.78. The van der Waals surface area contributed by atoms with Crippen molar-refractivity contribution >= 4 is 11.6 Å². The minimum absolute atomic E-state index is 0.387. The summed E-state index contributed by atoms with van der Waals surface area (Å²) in [4.78, 5) is 0. The molecule has 17 heavy (non-hydrogen) atoms. The first kappa shape index (κ1) is 11.7. The van der Waals surface area contributed by atoms with Gasteiger partial charge in [0.1, 0.15) is 0 Å². The van der Waals surface area contributed by atoms with E-state index in [9.17, 15) is 0 Å². The predicted octanol–water partition coefficient (Wildman–Crippen LogP) is 3.21. The average Bonchev–Trinajstić information content (AvgIpc) is 2.57. The van der Waals surface area contributed by atoms with Crippen LogP contribution in [0.25, 0.3) is 5.69 Å². The zero-order valence-electron chi connectivity index (χ0n) is 9.74. The van der Waals surface area contributed by atoms with E-state index in [0.717, 1.165) is 22.6 Å². The van der Waals surface area contributed by atoms with Gasteiger partial charge in [0.05, 0.1) is 23.9 Å². The molecule has 0 aliphatic rings. The molecule has 0 radical (unpaired) electrons. The van der Waals surface area contributed by atoms with Gasteiger partial charge in [-0.1, -0.05) is 17.7 Å². The van der Waals surface area contributed by atoms with Crippen LogP contribution < -0.4 is 0 Å². The van der Waals surface area contributed by atoms with Crippen molar-refractivity contribution in [3.8, 4) is 11.8 Å². The maximum Gasteiger partial charge on any atom is 0.0671 e. The van der Waals surface area contributed by atoms with Crippen molar-refractivity contribution in [2.24, 2.45) is 0 Å². The average molecular weight is 246 g/mol. The van der Waals surface area contributed by atoms with Gasteiger partial charge in [-0.25, -0.2) is 4.68 Å². The number of nitriles is 1. The van der Waals surface area contributed by atoms with E-state index >= 15 is 0 Å². The summed E-state index contributed by atoms with van der Waals surface area (Å²) in [6.07, 6.45) is 0.387. The van der Waals surface area contributed by atoms with Crippen LogP contribution >= 0.6 is 11.6 Å². The minimum atomic E-state index is 0.387. The van der Waals surface area contributed by atoms with Crippen LogP contribution in [-0.2, 0) is 6.42 Å². The molecule has 1 aromatic carbocycles. The van der Waals surface area contributed by atoms with Crippen LogP contribution in [0, 0.1) is 25.2 Å². The monoisotopic (exact) mass is 245 g/mol. The normalized spacial score (nSPS) is 10.2. The number of hydrogen-bond donors (Lipinski definition) is 0. The van der Waals surface area contributed by atoms with Crippen LogP contribution in [0.2, 0.25) is 5.02 Å². The van der Waals surface area contributed by atoms with Crippen molar-refractivity contribution in [1.82, 2.24) is 9.78 Å². The summed E-state index contributed by atoms with van der Waals surface area (Å²) in [5.74, 6) is 0. The Bertz CT molecular complexity index is 593. The van der Waals surface area contributed by atoms with E-state index in [1.807, 2.05) is 42.8 Å². The Morgan fingerprint density at radius 2 is 2.18 bits per heavy atom. The van der Waals surface area contributed by atoms with Crippen molar-refractivity contribution < 1.29 is 0 Å². The van der Waals surface area contributed by atoms with Crippen molar-refractivity contribution in [3.05, 3.63) is 46.2 Å². The highest BCUT2D eigenvalue weighted by Gasteiger charge is 2.12. The summed E-state index contributed by atoms with van der Waals surface area (Å²) in [6, 6.07) is 9.68. The first-order valence-electron chi connectivity index (χ1n) is 5.31. The Hall–Kier alpha value is -1.79. The molecule has 0 N–H and O–H groups in total. The molecule has 2 aromatic rings. The molecule has 4 heteroatoms. The molecule has 0 atom stereocenters. The summed E-state index contributed by atoms with van der Waals surface area (Å²) in [7, 11) is 0. The lowest BCUT2D eigenvalue weighted by molar-refractivity contribution is 0.833. The number of halogens is 1. The molecule has 3 nitrogen and oxygen atoms in total. The second-order valence-electron chi connectivity index (χ2n) is 3.88. The van der Waals surface area contributed by atoms with Gasteiger partial charge >= 0.3 is 0 Å². The number of benzene rings is 1.